The first-order valence-electron chi connectivity index (χ1n) is 7.82. The van der Waals surface area contributed by atoms with Gasteiger partial charge in [-0.25, -0.2) is 9.48 Å². The topological polar surface area (TPSA) is 54.6 Å². The van der Waals surface area contributed by atoms with Crippen molar-refractivity contribution in [1.82, 2.24) is 24.4 Å². The van der Waals surface area contributed by atoms with E-state index in [0.717, 1.165) is 37.7 Å². The molecule has 2 aliphatic rings. The van der Waals surface area contributed by atoms with Crippen LogP contribution in [0.25, 0.3) is 5.65 Å². The molecule has 0 radical (unpaired) electrons. The predicted octanol–water partition coefficient (Wildman–Crippen LogP) is 0.180. The molecule has 0 aromatic carbocycles. The van der Waals surface area contributed by atoms with Gasteiger partial charge in [0.1, 0.15) is 0 Å². The molecule has 112 valence electrons. The van der Waals surface area contributed by atoms with E-state index in [1.807, 2.05) is 18.2 Å². The summed E-state index contributed by atoms with van der Waals surface area (Å²) in [6.45, 7) is 4.96. The van der Waals surface area contributed by atoms with Crippen LogP contribution in [0.3, 0.4) is 0 Å². The van der Waals surface area contributed by atoms with Crippen molar-refractivity contribution in [2.24, 2.45) is 5.92 Å². The Kier molecular flexibility index (Phi) is 3.27. The van der Waals surface area contributed by atoms with E-state index in [2.05, 4.69) is 15.3 Å². The maximum Gasteiger partial charge on any atom is 0.350 e. The lowest BCUT2D eigenvalue weighted by molar-refractivity contribution is 0.119. The average molecular weight is 287 g/mol. The number of nitrogens with one attached hydrogen (secondary N) is 1. The van der Waals surface area contributed by atoms with Crippen molar-refractivity contribution in [1.29, 1.82) is 0 Å². The summed E-state index contributed by atoms with van der Waals surface area (Å²) in [5, 5.41) is 7.90. The van der Waals surface area contributed by atoms with E-state index >= 15 is 0 Å². The number of hydrogen-bond donors (Lipinski definition) is 1. The molecule has 2 atom stereocenters. The summed E-state index contributed by atoms with van der Waals surface area (Å²) in [6, 6.07) is 6.28. The number of fused-ring (bicyclic) bond motifs is 2. The Morgan fingerprint density at radius 3 is 3.14 bits per heavy atom. The Hall–Kier alpha value is -1.66. The number of aromatic nitrogens is 3. The van der Waals surface area contributed by atoms with Crippen molar-refractivity contribution >= 4 is 5.65 Å². The second-order valence-electron chi connectivity index (χ2n) is 6.10. The van der Waals surface area contributed by atoms with Crippen LogP contribution in [0, 0.1) is 5.92 Å². The van der Waals surface area contributed by atoms with E-state index in [1.165, 1.54) is 12.8 Å². The number of pyridine rings is 1. The highest BCUT2D eigenvalue weighted by Gasteiger charge is 2.34. The zero-order valence-electron chi connectivity index (χ0n) is 12.1. The molecule has 6 nitrogen and oxygen atoms in total. The van der Waals surface area contributed by atoms with Gasteiger partial charge in [0.15, 0.2) is 5.65 Å². The zero-order valence-corrected chi connectivity index (χ0v) is 12.1. The Labute approximate surface area is 123 Å². The molecule has 4 rings (SSSR count). The zero-order chi connectivity index (χ0) is 14.2. The Morgan fingerprint density at radius 2 is 2.24 bits per heavy atom. The van der Waals surface area contributed by atoms with Gasteiger partial charge >= 0.3 is 5.69 Å². The maximum absolute atomic E-state index is 12.3. The molecule has 4 heterocycles. The molecule has 21 heavy (non-hydrogen) atoms. The fourth-order valence-corrected chi connectivity index (χ4v) is 3.78. The fourth-order valence-electron chi connectivity index (χ4n) is 3.78. The molecule has 0 aliphatic carbocycles. The molecule has 2 aromatic heterocycles. The van der Waals surface area contributed by atoms with Gasteiger partial charge in [0.2, 0.25) is 0 Å². The van der Waals surface area contributed by atoms with Gasteiger partial charge in [0.05, 0.1) is 6.54 Å². The molecule has 0 spiro atoms. The van der Waals surface area contributed by atoms with E-state index in [1.54, 1.807) is 15.3 Å². The molecule has 6 heteroatoms. The number of rotatable bonds is 3. The van der Waals surface area contributed by atoms with Gasteiger partial charge in [-0.05, 0) is 44.0 Å². The lowest BCUT2D eigenvalue weighted by Gasteiger charge is -2.36. The van der Waals surface area contributed by atoms with Crippen molar-refractivity contribution in [2.45, 2.75) is 25.4 Å². The molecule has 2 fully saturated rings. The molecule has 2 aliphatic heterocycles. The summed E-state index contributed by atoms with van der Waals surface area (Å²) in [4.78, 5) is 14.8. The number of piperidine rings is 1. The Bertz CT molecular complexity index is 691. The van der Waals surface area contributed by atoms with Crippen molar-refractivity contribution in [3.63, 3.8) is 0 Å². The number of nitrogens with zero attached hydrogens (tertiary/aromatic N) is 4. The summed E-state index contributed by atoms with van der Waals surface area (Å²) in [5.41, 5.74) is 0.685. The first-order valence-corrected chi connectivity index (χ1v) is 7.82. The normalized spacial score (nSPS) is 26.3. The summed E-state index contributed by atoms with van der Waals surface area (Å²) >= 11 is 0. The molecular formula is C15H21N5O. The van der Waals surface area contributed by atoms with Crippen molar-refractivity contribution in [2.75, 3.05) is 26.2 Å². The largest absolute Gasteiger partial charge is 0.350 e. The smallest absolute Gasteiger partial charge is 0.315 e. The Morgan fingerprint density at radius 1 is 1.29 bits per heavy atom. The van der Waals surface area contributed by atoms with E-state index < -0.39 is 0 Å². The van der Waals surface area contributed by atoms with Gasteiger partial charge in [-0.2, -0.15) is 0 Å². The van der Waals surface area contributed by atoms with Crippen LogP contribution >= 0.6 is 0 Å². The second kappa shape index (κ2) is 5.27. The molecule has 2 aromatic rings. The standard InChI is InChI=1S/C15H21N5O/c21-15-19-7-2-1-5-14(19)17-20(15)9-8-18-6-3-4-12-10-16-11-13(12)18/h1-2,5,7,12-13,16H,3-4,6,8-11H2. The molecule has 2 unspecified atom stereocenters. The van der Waals surface area contributed by atoms with Gasteiger partial charge in [0, 0.05) is 25.3 Å². The predicted molar refractivity (Wildman–Crippen MR) is 80.4 cm³/mol. The van der Waals surface area contributed by atoms with Crippen molar-refractivity contribution < 1.29 is 0 Å². The highest BCUT2D eigenvalue weighted by Crippen LogP contribution is 2.25. The molecule has 0 amide bonds. The average Bonchev–Trinajstić information content (AvgIpc) is 3.11. The van der Waals surface area contributed by atoms with Crippen LogP contribution in [0.2, 0.25) is 0 Å². The van der Waals surface area contributed by atoms with Gasteiger partial charge in [-0.15, -0.1) is 5.10 Å². The molecule has 0 saturated carbocycles. The van der Waals surface area contributed by atoms with Crippen LogP contribution in [0.1, 0.15) is 12.8 Å². The summed E-state index contributed by atoms with van der Waals surface area (Å²) in [7, 11) is 0. The molecule has 2 saturated heterocycles. The third-order valence-electron chi connectivity index (χ3n) is 4.88. The lowest BCUT2D eigenvalue weighted by atomic mass is 9.92. The van der Waals surface area contributed by atoms with E-state index in [9.17, 15) is 4.79 Å². The number of hydrogen-bond acceptors (Lipinski definition) is 4. The minimum absolute atomic E-state index is 0.0382. The molecular weight excluding hydrogens is 266 g/mol. The third kappa shape index (κ3) is 2.28. The van der Waals surface area contributed by atoms with E-state index in [-0.39, 0.29) is 5.69 Å². The minimum atomic E-state index is -0.0382. The van der Waals surface area contributed by atoms with Gasteiger partial charge in [0.25, 0.3) is 0 Å². The quantitative estimate of drug-likeness (QED) is 0.875. The summed E-state index contributed by atoms with van der Waals surface area (Å²) in [6.07, 6.45) is 4.38. The Balaban J connectivity index is 1.50. The van der Waals surface area contributed by atoms with Crippen LogP contribution < -0.4 is 11.0 Å². The molecule has 1 N–H and O–H groups in total. The maximum atomic E-state index is 12.3. The fraction of sp³-hybridized carbons (Fsp3) is 0.600. The lowest BCUT2D eigenvalue weighted by Crippen LogP contribution is -2.46. The summed E-state index contributed by atoms with van der Waals surface area (Å²) < 4.78 is 3.21. The molecule has 0 bridgehead atoms. The van der Waals surface area contributed by atoms with Crippen molar-refractivity contribution in [3.8, 4) is 0 Å². The van der Waals surface area contributed by atoms with Crippen molar-refractivity contribution in [3.05, 3.63) is 34.9 Å². The second-order valence-corrected chi connectivity index (χ2v) is 6.10. The first-order chi connectivity index (χ1) is 10.3. The highest BCUT2D eigenvalue weighted by atomic mass is 16.2. The summed E-state index contributed by atoms with van der Waals surface area (Å²) in [5.74, 6) is 0.788. The van der Waals surface area contributed by atoms with Crippen LogP contribution in [0.5, 0.6) is 0 Å². The van der Waals surface area contributed by atoms with E-state index in [0.29, 0.717) is 12.6 Å². The van der Waals surface area contributed by atoms with Crippen LogP contribution in [-0.4, -0.2) is 51.3 Å². The SMILES string of the molecule is O=c1n(CCN2CCCC3CNCC32)nc2ccccn12. The monoisotopic (exact) mass is 287 g/mol. The first kappa shape index (κ1) is 13.0. The minimum Gasteiger partial charge on any atom is -0.315 e. The van der Waals surface area contributed by atoms with E-state index in [4.69, 9.17) is 0 Å². The van der Waals surface area contributed by atoms with Gasteiger partial charge in [-0.3, -0.25) is 9.30 Å². The number of likely N-dealkylation sites (tertiary alicyclic amines) is 1. The van der Waals surface area contributed by atoms with Crippen LogP contribution in [0.15, 0.2) is 29.2 Å². The van der Waals surface area contributed by atoms with Crippen LogP contribution in [0.4, 0.5) is 0 Å². The third-order valence-corrected chi connectivity index (χ3v) is 4.88. The van der Waals surface area contributed by atoms with Crippen LogP contribution in [-0.2, 0) is 6.54 Å². The van der Waals surface area contributed by atoms with Gasteiger partial charge < -0.3 is 5.32 Å². The highest BCUT2D eigenvalue weighted by molar-refractivity contribution is 5.35. The van der Waals surface area contributed by atoms with Gasteiger partial charge in [-0.1, -0.05) is 6.07 Å².